The van der Waals surface area contributed by atoms with E-state index in [0.29, 0.717) is 57.2 Å². The molecule has 5 rings (SSSR count). The predicted octanol–water partition coefficient (Wildman–Crippen LogP) is 6.69. The van der Waals surface area contributed by atoms with Crippen LogP contribution in [0.25, 0.3) is 22.2 Å². The van der Waals surface area contributed by atoms with Gasteiger partial charge in [0.1, 0.15) is 5.65 Å². The normalized spacial score (nSPS) is 15.2. The monoisotopic (exact) mass is 585 g/mol. The number of aryl methyl sites for hydroxylation is 1. The van der Waals surface area contributed by atoms with Crippen LogP contribution in [0.5, 0.6) is 0 Å². The largest absolute Gasteiger partial charge is 0.409 e. The second-order valence-electron chi connectivity index (χ2n) is 10.7. The van der Waals surface area contributed by atoms with Gasteiger partial charge >= 0.3 is 0 Å². The summed E-state index contributed by atoms with van der Waals surface area (Å²) >= 11 is 6.60. The molecule has 2 aromatic heterocycles. The summed E-state index contributed by atoms with van der Waals surface area (Å²) in [6.07, 6.45) is 5.59. The van der Waals surface area contributed by atoms with Gasteiger partial charge in [-0.1, -0.05) is 41.0 Å². The fourth-order valence-electron chi connectivity index (χ4n) is 5.58. The molecule has 1 saturated heterocycles. The number of nitrogens with one attached hydrogen (secondary N) is 1. The molecular formula is C32H36ClN7O2. The first-order chi connectivity index (χ1) is 20.3. The number of aromatic nitrogens is 3. The van der Waals surface area contributed by atoms with Gasteiger partial charge in [0, 0.05) is 57.8 Å². The van der Waals surface area contributed by atoms with E-state index in [2.05, 4.69) is 63.5 Å². The Hall–Kier alpha value is -4.08. The van der Waals surface area contributed by atoms with Gasteiger partial charge in [0.05, 0.1) is 0 Å². The van der Waals surface area contributed by atoms with Crippen LogP contribution in [0.1, 0.15) is 57.6 Å². The van der Waals surface area contributed by atoms with Crippen LogP contribution in [0.3, 0.4) is 0 Å². The summed E-state index contributed by atoms with van der Waals surface area (Å²) in [5, 5.41) is 16.9. The second-order valence-corrected chi connectivity index (χ2v) is 11.1. The number of anilines is 2. The summed E-state index contributed by atoms with van der Waals surface area (Å²) in [5.74, 6) is 1.13. The van der Waals surface area contributed by atoms with Gasteiger partial charge < -0.3 is 15.4 Å². The number of oxime groups is 1. The van der Waals surface area contributed by atoms with Crippen LogP contribution in [0.2, 0.25) is 5.02 Å². The smallest absolute Gasteiger partial charge is 0.260 e. The highest BCUT2D eigenvalue weighted by molar-refractivity contribution is 6.33. The molecule has 9 nitrogen and oxygen atoms in total. The molecule has 0 aliphatic carbocycles. The molecule has 1 fully saturated rings. The zero-order valence-electron chi connectivity index (χ0n) is 24.4. The molecule has 0 spiro atoms. The molecule has 4 aromatic rings. The van der Waals surface area contributed by atoms with E-state index < -0.39 is 0 Å². The lowest BCUT2D eigenvalue weighted by molar-refractivity contribution is 0.172. The minimum absolute atomic E-state index is 0.130. The first kappa shape index (κ1) is 29.4. The van der Waals surface area contributed by atoms with Crippen molar-refractivity contribution in [3.05, 3.63) is 81.2 Å². The molecule has 0 radical (unpaired) electrons. The Morgan fingerprint density at radius 3 is 2.50 bits per heavy atom. The van der Waals surface area contributed by atoms with E-state index in [-0.39, 0.29) is 11.4 Å². The summed E-state index contributed by atoms with van der Waals surface area (Å²) in [5.41, 5.74) is 4.11. The molecule has 10 heteroatoms. The van der Waals surface area contributed by atoms with Gasteiger partial charge in [0.25, 0.3) is 5.56 Å². The fraction of sp³-hybridized carbons (Fsp3) is 0.344. The van der Waals surface area contributed by atoms with Crippen LogP contribution in [0, 0.1) is 0 Å². The number of benzene rings is 2. The summed E-state index contributed by atoms with van der Waals surface area (Å²) < 4.78 is 1.62. The Balaban J connectivity index is 1.39. The molecule has 2 aromatic carbocycles. The van der Waals surface area contributed by atoms with Gasteiger partial charge in [-0.2, -0.15) is 4.98 Å². The van der Waals surface area contributed by atoms with Crippen molar-refractivity contribution in [2.75, 3.05) is 18.4 Å². The van der Waals surface area contributed by atoms with Gasteiger partial charge in [-0.15, -0.1) is 0 Å². The highest BCUT2D eigenvalue weighted by Crippen LogP contribution is 2.31. The number of halogens is 1. The van der Waals surface area contributed by atoms with E-state index in [9.17, 15) is 10.0 Å². The van der Waals surface area contributed by atoms with E-state index in [1.807, 2.05) is 6.92 Å². The SMILES string of the molecule is C/C=N/C(=N\O)c1ccc(-c2cc3cnc(Nc4ccc(C5CCN(C(C)C)CC5)cc4)nc3n(CC)c2=O)c(Cl)c1. The van der Waals surface area contributed by atoms with Crippen molar-refractivity contribution in [3.63, 3.8) is 0 Å². The topological polar surface area (TPSA) is 108 Å². The number of fused-ring (bicyclic) bond motifs is 1. The molecule has 42 heavy (non-hydrogen) atoms. The quantitative estimate of drug-likeness (QED) is 0.108. The highest BCUT2D eigenvalue weighted by atomic mass is 35.5. The molecular weight excluding hydrogens is 550 g/mol. The molecule has 0 bridgehead atoms. The van der Waals surface area contributed by atoms with E-state index in [1.165, 1.54) is 24.6 Å². The number of hydrogen-bond acceptors (Lipinski definition) is 7. The zero-order chi connectivity index (χ0) is 29.8. The number of hydrogen-bond donors (Lipinski definition) is 2. The average Bonchev–Trinajstić information content (AvgIpc) is 3.00. The molecule has 3 heterocycles. The first-order valence-corrected chi connectivity index (χ1v) is 14.7. The summed E-state index contributed by atoms with van der Waals surface area (Å²) in [6, 6.07) is 15.9. The van der Waals surface area contributed by atoms with Crippen LogP contribution in [0.4, 0.5) is 11.6 Å². The van der Waals surface area contributed by atoms with E-state index in [0.717, 1.165) is 18.8 Å². The number of aliphatic imine (C=N–C) groups is 1. The van der Waals surface area contributed by atoms with Crippen molar-refractivity contribution in [2.45, 2.75) is 59.0 Å². The molecule has 218 valence electrons. The van der Waals surface area contributed by atoms with Crippen molar-refractivity contribution in [1.29, 1.82) is 0 Å². The fourth-order valence-corrected chi connectivity index (χ4v) is 5.86. The number of amidine groups is 1. The van der Waals surface area contributed by atoms with Crippen molar-refractivity contribution < 1.29 is 5.21 Å². The Labute approximate surface area is 250 Å². The predicted molar refractivity (Wildman–Crippen MR) is 171 cm³/mol. The van der Waals surface area contributed by atoms with Crippen LogP contribution in [-0.2, 0) is 6.54 Å². The second kappa shape index (κ2) is 12.8. The molecule has 0 saturated carbocycles. The number of rotatable bonds is 7. The zero-order valence-corrected chi connectivity index (χ0v) is 25.1. The maximum absolute atomic E-state index is 13.6. The third-order valence-electron chi connectivity index (χ3n) is 7.90. The van der Waals surface area contributed by atoms with Gasteiger partial charge in [0.15, 0.2) is 5.84 Å². The van der Waals surface area contributed by atoms with E-state index >= 15 is 0 Å². The number of nitrogens with zero attached hydrogens (tertiary/aromatic N) is 6. The van der Waals surface area contributed by atoms with Gasteiger partial charge in [0.2, 0.25) is 5.95 Å². The molecule has 0 unspecified atom stereocenters. The van der Waals surface area contributed by atoms with Gasteiger partial charge in [-0.25, -0.2) is 9.98 Å². The van der Waals surface area contributed by atoms with Crippen molar-refractivity contribution >= 4 is 46.3 Å². The third-order valence-corrected chi connectivity index (χ3v) is 8.22. The molecule has 0 amide bonds. The Morgan fingerprint density at radius 2 is 1.88 bits per heavy atom. The minimum atomic E-state index is -0.209. The summed E-state index contributed by atoms with van der Waals surface area (Å²) in [6.45, 7) is 10.8. The van der Waals surface area contributed by atoms with Crippen LogP contribution in [0.15, 0.2) is 69.7 Å². The molecule has 0 atom stereocenters. The van der Waals surface area contributed by atoms with Gasteiger partial charge in [-0.05, 0) is 89.4 Å². The Kier molecular flexibility index (Phi) is 8.99. The molecule has 1 aliphatic heterocycles. The van der Waals surface area contributed by atoms with Crippen molar-refractivity contribution in [1.82, 2.24) is 19.4 Å². The number of pyridine rings is 1. The molecule has 1 aliphatic rings. The minimum Gasteiger partial charge on any atom is -0.409 e. The Morgan fingerprint density at radius 1 is 1.14 bits per heavy atom. The lowest BCUT2D eigenvalue weighted by Crippen LogP contribution is -2.37. The van der Waals surface area contributed by atoms with Crippen molar-refractivity contribution in [3.8, 4) is 11.1 Å². The van der Waals surface area contributed by atoms with E-state index in [4.69, 9.17) is 16.6 Å². The van der Waals surface area contributed by atoms with Crippen molar-refractivity contribution in [2.24, 2.45) is 10.1 Å². The van der Waals surface area contributed by atoms with Gasteiger partial charge in [-0.3, -0.25) is 9.36 Å². The summed E-state index contributed by atoms with van der Waals surface area (Å²) in [4.78, 5) is 29.4. The first-order valence-electron chi connectivity index (χ1n) is 14.4. The standard InChI is InChI=1S/C32H36ClN7O2/c1-5-34-29(38-42)23-9-12-26(28(33)18-23)27-17-24-19-35-32(37-30(24)40(6-2)31(27)41)36-25-10-7-21(8-11-25)22-13-15-39(16-14-22)20(3)4/h5,7-12,17-20,22,42H,6,13-16H2,1-4H3,(H,35,36,37)/b34-5+,38-29-. The van der Waals surface area contributed by atoms with Crippen LogP contribution >= 0.6 is 11.6 Å². The number of likely N-dealkylation sites (tertiary alicyclic amines) is 1. The lowest BCUT2D eigenvalue weighted by Gasteiger charge is -2.34. The molecule has 2 N–H and O–H groups in total. The van der Waals surface area contributed by atoms with Crippen LogP contribution in [-0.4, -0.2) is 55.8 Å². The Bertz CT molecular complexity index is 1690. The average molecular weight is 586 g/mol. The van der Waals surface area contributed by atoms with E-state index in [1.54, 1.807) is 42.0 Å². The maximum Gasteiger partial charge on any atom is 0.260 e. The maximum atomic E-state index is 13.6. The highest BCUT2D eigenvalue weighted by Gasteiger charge is 2.22. The number of piperidine rings is 1. The van der Waals surface area contributed by atoms with Crippen LogP contribution < -0.4 is 10.9 Å². The lowest BCUT2D eigenvalue weighted by atomic mass is 9.89. The summed E-state index contributed by atoms with van der Waals surface area (Å²) in [7, 11) is 0. The third kappa shape index (κ3) is 6.07.